The molecule has 12 heavy (non-hydrogen) atoms. The van der Waals surface area contributed by atoms with Gasteiger partial charge in [0, 0.05) is 28.1 Å². The highest BCUT2D eigenvalue weighted by molar-refractivity contribution is 7.92. The Balaban J connectivity index is 2.08. The lowest BCUT2D eigenvalue weighted by Gasteiger charge is -2.38. The Hall–Kier alpha value is -0.0900. The Morgan fingerprint density at radius 3 is 2.50 bits per heavy atom. The molecule has 0 aromatic carbocycles. The minimum Gasteiger partial charge on any atom is -0.310 e. The highest BCUT2D eigenvalue weighted by Crippen LogP contribution is 2.40. The van der Waals surface area contributed by atoms with Crippen LogP contribution in [-0.4, -0.2) is 27.8 Å². The minimum absolute atomic E-state index is 0.0952. The van der Waals surface area contributed by atoms with Crippen molar-refractivity contribution in [1.29, 1.82) is 4.78 Å². The van der Waals surface area contributed by atoms with Crippen LogP contribution < -0.4 is 5.32 Å². The molecule has 0 bridgehead atoms. The number of nitrogens with one attached hydrogen (secondary N) is 2. The fourth-order valence-corrected chi connectivity index (χ4v) is 3.25. The van der Waals surface area contributed by atoms with Gasteiger partial charge in [0.05, 0.1) is 5.25 Å². The third kappa shape index (κ3) is 1.27. The molecule has 1 aliphatic heterocycles. The van der Waals surface area contributed by atoms with Gasteiger partial charge < -0.3 is 5.32 Å². The maximum atomic E-state index is 11.4. The van der Waals surface area contributed by atoms with E-state index in [1.807, 2.05) is 0 Å². The van der Waals surface area contributed by atoms with Gasteiger partial charge in [0.15, 0.2) is 0 Å². The van der Waals surface area contributed by atoms with Crippen LogP contribution in [0, 0.1) is 4.78 Å². The summed E-state index contributed by atoms with van der Waals surface area (Å²) in [6, 6.07) is 0. The molecule has 2 fully saturated rings. The van der Waals surface area contributed by atoms with E-state index in [1.54, 1.807) is 6.26 Å². The van der Waals surface area contributed by atoms with E-state index < -0.39 is 9.73 Å². The van der Waals surface area contributed by atoms with Crippen LogP contribution in [0.15, 0.2) is 0 Å². The van der Waals surface area contributed by atoms with Gasteiger partial charge >= 0.3 is 0 Å². The van der Waals surface area contributed by atoms with Crippen molar-refractivity contribution < 1.29 is 4.21 Å². The van der Waals surface area contributed by atoms with E-state index in [4.69, 9.17) is 4.78 Å². The monoisotopic (exact) mass is 188 g/mol. The molecule has 3 nitrogen and oxygen atoms in total. The van der Waals surface area contributed by atoms with Crippen LogP contribution in [0.4, 0.5) is 0 Å². The molecule has 0 aromatic rings. The van der Waals surface area contributed by atoms with E-state index in [-0.39, 0.29) is 5.25 Å². The van der Waals surface area contributed by atoms with Gasteiger partial charge in [-0.05, 0) is 25.7 Å². The quantitative estimate of drug-likeness (QED) is 0.643. The molecule has 2 N–H and O–H groups in total. The van der Waals surface area contributed by atoms with Gasteiger partial charge in [-0.1, -0.05) is 0 Å². The molecule has 1 aliphatic carbocycles. The Bertz CT molecular complexity index is 279. The van der Waals surface area contributed by atoms with E-state index in [0.717, 1.165) is 13.0 Å². The lowest BCUT2D eigenvalue weighted by Crippen LogP contribution is -2.45. The molecule has 2 atom stereocenters. The molecule has 70 valence electrons. The topological polar surface area (TPSA) is 53.0 Å². The molecule has 2 unspecified atom stereocenters. The van der Waals surface area contributed by atoms with Crippen molar-refractivity contribution in [2.75, 3.05) is 12.8 Å². The molecule has 2 rings (SSSR count). The molecular formula is C8H16N2OS. The third-order valence-electron chi connectivity index (χ3n) is 3.27. The van der Waals surface area contributed by atoms with E-state index >= 15 is 0 Å². The summed E-state index contributed by atoms with van der Waals surface area (Å²) in [5.41, 5.74) is 0.296. The number of rotatable bonds is 1. The number of hydrogen-bond donors (Lipinski definition) is 2. The molecular weight excluding hydrogens is 172 g/mol. The highest BCUT2D eigenvalue weighted by atomic mass is 32.2. The summed E-state index contributed by atoms with van der Waals surface area (Å²) in [5, 5.41) is 3.52. The Morgan fingerprint density at radius 1 is 1.58 bits per heavy atom. The summed E-state index contributed by atoms with van der Waals surface area (Å²) in [6.45, 7) is 0.791. The van der Waals surface area contributed by atoms with Crippen LogP contribution in [0.3, 0.4) is 0 Å². The fourth-order valence-electron chi connectivity index (χ4n) is 2.21. The smallest absolute Gasteiger partial charge is 0.0567 e. The first-order valence-corrected chi connectivity index (χ1v) is 6.52. The SMILES string of the molecule is CS(=N)(=O)C1CNC2(CCC2)C1. The lowest BCUT2D eigenvalue weighted by atomic mass is 9.76. The maximum Gasteiger partial charge on any atom is 0.0567 e. The molecule has 4 heteroatoms. The molecule has 0 aromatic heterocycles. The van der Waals surface area contributed by atoms with Gasteiger partial charge in [0.1, 0.15) is 0 Å². The van der Waals surface area contributed by atoms with Gasteiger partial charge in [-0.2, -0.15) is 0 Å². The summed E-state index contributed by atoms with van der Waals surface area (Å²) in [7, 11) is -2.31. The zero-order chi connectivity index (χ0) is 8.82. The van der Waals surface area contributed by atoms with Gasteiger partial charge in [-0.15, -0.1) is 0 Å². The Kier molecular flexibility index (Phi) is 1.74. The first-order chi connectivity index (χ1) is 5.52. The van der Waals surface area contributed by atoms with Crippen molar-refractivity contribution in [2.24, 2.45) is 0 Å². The Morgan fingerprint density at radius 2 is 2.25 bits per heavy atom. The predicted octanol–water partition coefficient (Wildman–Crippen LogP) is 0.948. The lowest BCUT2D eigenvalue weighted by molar-refractivity contribution is 0.217. The van der Waals surface area contributed by atoms with Crippen molar-refractivity contribution in [3.05, 3.63) is 0 Å². The molecule has 1 saturated carbocycles. The average Bonchev–Trinajstić information content (AvgIpc) is 2.26. The molecule has 1 heterocycles. The van der Waals surface area contributed by atoms with Crippen molar-refractivity contribution in [3.63, 3.8) is 0 Å². The summed E-state index contributed by atoms with van der Waals surface area (Å²) >= 11 is 0. The molecule has 2 aliphatic rings. The molecule has 0 amide bonds. The normalized spacial score (nSPS) is 37.6. The Labute approximate surface area is 73.9 Å². The van der Waals surface area contributed by atoms with Crippen LogP contribution in [0.25, 0.3) is 0 Å². The second-order valence-corrected chi connectivity index (χ2v) is 6.72. The fraction of sp³-hybridized carbons (Fsp3) is 1.00. The zero-order valence-electron chi connectivity index (χ0n) is 7.43. The van der Waals surface area contributed by atoms with Crippen LogP contribution in [0.2, 0.25) is 0 Å². The van der Waals surface area contributed by atoms with Crippen molar-refractivity contribution in [3.8, 4) is 0 Å². The second-order valence-electron chi connectivity index (χ2n) is 4.24. The summed E-state index contributed by atoms with van der Waals surface area (Å²) < 4.78 is 18.9. The number of hydrogen-bond acceptors (Lipinski definition) is 3. The molecule has 0 radical (unpaired) electrons. The standard InChI is InChI=1S/C8H16N2OS/c1-12(9,11)7-5-8(10-6-7)3-2-4-8/h7,9-10H,2-6H2,1H3. The third-order valence-corrected chi connectivity index (χ3v) is 4.88. The molecule has 1 saturated heterocycles. The summed E-state index contributed by atoms with van der Waals surface area (Å²) in [4.78, 5) is 0. The van der Waals surface area contributed by atoms with E-state index in [1.165, 1.54) is 19.3 Å². The van der Waals surface area contributed by atoms with Gasteiger partial charge in [0.25, 0.3) is 0 Å². The highest BCUT2D eigenvalue weighted by Gasteiger charge is 2.45. The van der Waals surface area contributed by atoms with E-state index in [0.29, 0.717) is 5.54 Å². The van der Waals surface area contributed by atoms with Gasteiger partial charge in [-0.3, -0.25) is 4.78 Å². The first-order valence-electron chi connectivity index (χ1n) is 4.50. The summed E-state index contributed by atoms with van der Waals surface area (Å²) in [6.07, 6.45) is 6.27. The second kappa shape index (κ2) is 2.45. The summed E-state index contributed by atoms with van der Waals surface area (Å²) in [5.74, 6) is 0. The van der Waals surface area contributed by atoms with Crippen molar-refractivity contribution >= 4 is 9.73 Å². The molecule has 1 spiro atoms. The van der Waals surface area contributed by atoms with E-state index in [9.17, 15) is 4.21 Å². The maximum absolute atomic E-state index is 11.4. The first kappa shape index (κ1) is 8.51. The van der Waals surface area contributed by atoms with Crippen LogP contribution in [-0.2, 0) is 9.73 Å². The van der Waals surface area contributed by atoms with Crippen LogP contribution in [0.5, 0.6) is 0 Å². The van der Waals surface area contributed by atoms with Crippen LogP contribution in [0.1, 0.15) is 25.7 Å². The largest absolute Gasteiger partial charge is 0.310 e. The van der Waals surface area contributed by atoms with Gasteiger partial charge in [-0.25, -0.2) is 4.21 Å². The van der Waals surface area contributed by atoms with Gasteiger partial charge in [0.2, 0.25) is 0 Å². The van der Waals surface area contributed by atoms with Crippen LogP contribution >= 0.6 is 0 Å². The van der Waals surface area contributed by atoms with Crippen molar-refractivity contribution in [2.45, 2.75) is 36.5 Å². The average molecular weight is 188 g/mol. The predicted molar refractivity (Wildman–Crippen MR) is 49.8 cm³/mol. The zero-order valence-corrected chi connectivity index (χ0v) is 8.25. The minimum atomic E-state index is -2.31. The van der Waals surface area contributed by atoms with Crippen molar-refractivity contribution in [1.82, 2.24) is 5.32 Å². The van der Waals surface area contributed by atoms with E-state index in [2.05, 4.69) is 5.32 Å².